The first kappa shape index (κ1) is 14.8. The summed E-state index contributed by atoms with van der Waals surface area (Å²) in [6.07, 6.45) is 0. The zero-order chi connectivity index (χ0) is 14.4. The number of anilines is 1. The molecule has 0 spiro atoms. The molecule has 0 saturated heterocycles. The van der Waals surface area contributed by atoms with Crippen molar-refractivity contribution in [2.24, 2.45) is 0 Å². The SMILES string of the molecule is O=C(O)CSC(Nc1ccc(Cl)cc1)c1ccccc1. The van der Waals surface area contributed by atoms with Crippen LogP contribution in [-0.4, -0.2) is 16.8 Å². The Morgan fingerprint density at radius 2 is 1.80 bits per heavy atom. The van der Waals surface area contributed by atoms with E-state index < -0.39 is 5.97 Å². The molecular formula is C15H14ClNO2S. The Bertz CT molecular complexity index is 560. The van der Waals surface area contributed by atoms with E-state index in [1.165, 1.54) is 11.8 Å². The lowest BCUT2D eigenvalue weighted by atomic mass is 10.2. The third-order valence-corrected chi connectivity index (χ3v) is 4.01. The minimum Gasteiger partial charge on any atom is -0.481 e. The highest BCUT2D eigenvalue weighted by Crippen LogP contribution is 2.30. The summed E-state index contributed by atoms with van der Waals surface area (Å²) in [4.78, 5) is 10.8. The maximum Gasteiger partial charge on any atom is 0.313 e. The summed E-state index contributed by atoms with van der Waals surface area (Å²) < 4.78 is 0. The van der Waals surface area contributed by atoms with E-state index in [2.05, 4.69) is 5.32 Å². The minimum absolute atomic E-state index is 0.0418. The Kier molecular flexibility index (Phi) is 5.32. The topological polar surface area (TPSA) is 49.3 Å². The van der Waals surface area contributed by atoms with Gasteiger partial charge in [-0.15, -0.1) is 11.8 Å². The Labute approximate surface area is 127 Å². The number of thioether (sulfide) groups is 1. The van der Waals surface area contributed by atoms with Crippen LogP contribution in [0.5, 0.6) is 0 Å². The number of nitrogens with one attached hydrogen (secondary N) is 1. The molecular weight excluding hydrogens is 294 g/mol. The van der Waals surface area contributed by atoms with Crippen molar-refractivity contribution in [3.63, 3.8) is 0 Å². The largest absolute Gasteiger partial charge is 0.481 e. The number of aliphatic carboxylic acids is 1. The van der Waals surface area contributed by atoms with Gasteiger partial charge in [-0.25, -0.2) is 0 Å². The molecule has 2 aromatic carbocycles. The lowest BCUT2D eigenvalue weighted by Gasteiger charge is -2.19. The second kappa shape index (κ2) is 7.22. The van der Waals surface area contributed by atoms with Crippen LogP contribution in [0.1, 0.15) is 10.9 Å². The molecule has 20 heavy (non-hydrogen) atoms. The van der Waals surface area contributed by atoms with Crippen molar-refractivity contribution in [1.82, 2.24) is 0 Å². The maximum absolute atomic E-state index is 10.8. The molecule has 0 aliphatic heterocycles. The van der Waals surface area contributed by atoms with Crippen LogP contribution in [0.25, 0.3) is 0 Å². The highest BCUT2D eigenvalue weighted by atomic mass is 35.5. The average Bonchev–Trinajstić information content (AvgIpc) is 2.46. The van der Waals surface area contributed by atoms with Gasteiger partial charge in [-0.2, -0.15) is 0 Å². The molecule has 104 valence electrons. The molecule has 2 aromatic rings. The molecule has 0 heterocycles. The number of benzene rings is 2. The summed E-state index contributed by atoms with van der Waals surface area (Å²) in [7, 11) is 0. The van der Waals surface area contributed by atoms with Gasteiger partial charge in [-0.3, -0.25) is 4.79 Å². The number of hydrogen-bond donors (Lipinski definition) is 2. The van der Waals surface area contributed by atoms with Gasteiger partial charge in [-0.1, -0.05) is 41.9 Å². The van der Waals surface area contributed by atoms with Gasteiger partial charge in [-0.05, 0) is 29.8 Å². The predicted molar refractivity (Wildman–Crippen MR) is 84.4 cm³/mol. The quantitative estimate of drug-likeness (QED) is 0.783. The van der Waals surface area contributed by atoms with Gasteiger partial charge in [0, 0.05) is 10.7 Å². The summed E-state index contributed by atoms with van der Waals surface area (Å²) in [6.45, 7) is 0. The highest BCUT2D eigenvalue weighted by molar-refractivity contribution is 8.00. The van der Waals surface area contributed by atoms with Gasteiger partial charge < -0.3 is 10.4 Å². The molecule has 1 unspecified atom stereocenters. The van der Waals surface area contributed by atoms with Crippen molar-refractivity contribution < 1.29 is 9.90 Å². The third-order valence-electron chi connectivity index (χ3n) is 2.62. The number of halogens is 1. The molecule has 0 aliphatic rings. The van der Waals surface area contributed by atoms with E-state index in [0.717, 1.165) is 11.3 Å². The molecule has 0 fully saturated rings. The molecule has 1 atom stereocenters. The Hall–Kier alpha value is -1.65. The molecule has 0 amide bonds. The fourth-order valence-corrected chi connectivity index (χ4v) is 2.71. The van der Waals surface area contributed by atoms with E-state index in [0.29, 0.717) is 5.02 Å². The van der Waals surface area contributed by atoms with E-state index in [-0.39, 0.29) is 11.1 Å². The van der Waals surface area contributed by atoms with Crippen molar-refractivity contribution in [1.29, 1.82) is 0 Å². The van der Waals surface area contributed by atoms with Crippen molar-refractivity contribution >= 4 is 35.0 Å². The molecule has 0 saturated carbocycles. The summed E-state index contributed by atoms with van der Waals surface area (Å²) in [5.74, 6) is -0.783. The zero-order valence-corrected chi connectivity index (χ0v) is 12.2. The molecule has 0 bridgehead atoms. The number of carboxylic acids is 1. The normalized spacial score (nSPS) is 11.8. The highest BCUT2D eigenvalue weighted by Gasteiger charge is 2.13. The summed E-state index contributed by atoms with van der Waals surface area (Å²) in [6, 6.07) is 17.1. The van der Waals surface area contributed by atoms with Crippen LogP contribution < -0.4 is 5.32 Å². The van der Waals surface area contributed by atoms with Crippen molar-refractivity contribution in [2.45, 2.75) is 5.37 Å². The third kappa shape index (κ3) is 4.47. The van der Waals surface area contributed by atoms with Crippen LogP contribution in [0, 0.1) is 0 Å². The minimum atomic E-state index is -0.825. The van der Waals surface area contributed by atoms with Crippen molar-refractivity contribution in [3.05, 3.63) is 65.2 Å². The predicted octanol–water partition coefficient (Wildman–Crippen LogP) is 4.27. The van der Waals surface area contributed by atoms with Gasteiger partial charge >= 0.3 is 5.97 Å². The number of hydrogen-bond acceptors (Lipinski definition) is 3. The maximum atomic E-state index is 10.8. The van der Waals surface area contributed by atoms with Crippen LogP contribution >= 0.6 is 23.4 Å². The average molecular weight is 308 g/mol. The van der Waals surface area contributed by atoms with Gasteiger partial charge in [0.25, 0.3) is 0 Å². The Balaban J connectivity index is 2.13. The summed E-state index contributed by atoms with van der Waals surface area (Å²) in [5, 5.41) is 12.7. The van der Waals surface area contributed by atoms with E-state index in [9.17, 15) is 4.79 Å². The first-order valence-electron chi connectivity index (χ1n) is 6.05. The van der Waals surface area contributed by atoms with Gasteiger partial charge in [0.15, 0.2) is 0 Å². The molecule has 2 N–H and O–H groups in total. The smallest absolute Gasteiger partial charge is 0.313 e. The molecule has 2 rings (SSSR count). The first-order chi connectivity index (χ1) is 9.65. The standard InChI is InChI=1S/C15H14ClNO2S/c16-12-6-8-13(9-7-12)17-15(20-10-14(18)19)11-4-2-1-3-5-11/h1-9,15,17H,10H2,(H,18,19). The Morgan fingerprint density at radius 1 is 1.15 bits per heavy atom. The van der Waals surface area contributed by atoms with E-state index in [4.69, 9.17) is 16.7 Å². The molecule has 3 nitrogen and oxygen atoms in total. The first-order valence-corrected chi connectivity index (χ1v) is 7.48. The van der Waals surface area contributed by atoms with Crippen LogP contribution in [0.15, 0.2) is 54.6 Å². The lowest BCUT2D eigenvalue weighted by molar-refractivity contribution is -0.133. The van der Waals surface area contributed by atoms with Crippen molar-refractivity contribution in [3.8, 4) is 0 Å². The van der Waals surface area contributed by atoms with E-state index in [1.54, 1.807) is 12.1 Å². The van der Waals surface area contributed by atoms with Gasteiger partial charge in [0.2, 0.25) is 0 Å². The number of carboxylic acid groups (broad SMARTS) is 1. The zero-order valence-electron chi connectivity index (χ0n) is 10.6. The van der Waals surface area contributed by atoms with Gasteiger partial charge in [0.1, 0.15) is 0 Å². The monoisotopic (exact) mass is 307 g/mol. The van der Waals surface area contributed by atoms with E-state index in [1.807, 2.05) is 42.5 Å². The number of rotatable bonds is 6. The summed E-state index contributed by atoms with van der Waals surface area (Å²) >= 11 is 7.20. The second-order valence-corrected chi connectivity index (χ2v) is 5.68. The van der Waals surface area contributed by atoms with Crippen LogP contribution in [-0.2, 0) is 4.79 Å². The fourth-order valence-electron chi connectivity index (χ4n) is 1.70. The molecule has 0 radical (unpaired) electrons. The molecule has 0 aliphatic carbocycles. The van der Waals surface area contributed by atoms with Crippen LogP contribution in [0.3, 0.4) is 0 Å². The lowest BCUT2D eigenvalue weighted by Crippen LogP contribution is -2.10. The molecule has 0 aromatic heterocycles. The van der Waals surface area contributed by atoms with Crippen LogP contribution in [0.2, 0.25) is 5.02 Å². The van der Waals surface area contributed by atoms with Crippen molar-refractivity contribution in [2.75, 3.05) is 11.1 Å². The fraction of sp³-hybridized carbons (Fsp3) is 0.133. The Morgan fingerprint density at radius 3 is 2.40 bits per heavy atom. The van der Waals surface area contributed by atoms with E-state index >= 15 is 0 Å². The number of carbonyl (C=O) groups is 1. The summed E-state index contributed by atoms with van der Waals surface area (Å²) in [5.41, 5.74) is 1.94. The molecule has 5 heteroatoms. The van der Waals surface area contributed by atoms with Crippen LogP contribution in [0.4, 0.5) is 5.69 Å². The second-order valence-electron chi connectivity index (χ2n) is 4.15. The van der Waals surface area contributed by atoms with Gasteiger partial charge in [0.05, 0.1) is 11.1 Å².